The summed E-state index contributed by atoms with van der Waals surface area (Å²) in [6, 6.07) is 22.6. The Morgan fingerprint density at radius 2 is 1.61 bits per heavy atom. The highest BCUT2D eigenvalue weighted by molar-refractivity contribution is 5.84. The van der Waals surface area contributed by atoms with Gasteiger partial charge in [-0.15, -0.1) is 0 Å². The van der Waals surface area contributed by atoms with Gasteiger partial charge in [-0.1, -0.05) is 54.6 Å². The molecule has 4 rings (SSSR count). The highest BCUT2D eigenvalue weighted by Crippen LogP contribution is 2.20. The number of nitrogens with zero attached hydrogens (tertiary/aromatic N) is 2. The molecule has 0 aliphatic carbocycles. The second kappa shape index (κ2) is 8.44. The second-order valence-electron chi connectivity index (χ2n) is 7.38. The SMILES string of the molecule is Cc1ccccc1CN1CCN(C(=O)COc2ccc3ccccc3c2)CC1. The summed E-state index contributed by atoms with van der Waals surface area (Å²) in [6.07, 6.45) is 0. The van der Waals surface area contributed by atoms with E-state index in [0.717, 1.165) is 43.9 Å². The number of fused-ring (bicyclic) bond motifs is 1. The summed E-state index contributed by atoms with van der Waals surface area (Å²) in [7, 11) is 0. The number of carbonyl (C=O) groups excluding carboxylic acids is 1. The Morgan fingerprint density at radius 3 is 2.39 bits per heavy atom. The molecule has 0 spiro atoms. The summed E-state index contributed by atoms with van der Waals surface area (Å²) in [5.41, 5.74) is 2.69. The van der Waals surface area contributed by atoms with Gasteiger partial charge in [0.25, 0.3) is 5.91 Å². The summed E-state index contributed by atoms with van der Waals surface area (Å²) >= 11 is 0. The fourth-order valence-electron chi connectivity index (χ4n) is 3.68. The summed E-state index contributed by atoms with van der Waals surface area (Å²) in [4.78, 5) is 16.9. The van der Waals surface area contributed by atoms with E-state index >= 15 is 0 Å². The molecule has 3 aromatic carbocycles. The number of piperazine rings is 1. The molecule has 1 fully saturated rings. The Morgan fingerprint density at radius 1 is 0.893 bits per heavy atom. The predicted octanol–water partition coefficient (Wildman–Crippen LogP) is 3.87. The first-order valence-electron chi connectivity index (χ1n) is 9.85. The van der Waals surface area contributed by atoms with Gasteiger partial charge < -0.3 is 9.64 Å². The van der Waals surface area contributed by atoms with Crippen molar-refractivity contribution in [1.82, 2.24) is 9.80 Å². The molecule has 144 valence electrons. The van der Waals surface area contributed by atoms with Gasteiger partial charge in [0.1, 0.15) is 5.75 Å². The molecule has 0 bridgehead atoms. The lowest BCUT2D eigenvalue weighted by atomic mass is 10.1. The molecule has 0 saturated carbocycles. The zero-order valence-electron chi connectivity index (χ0n) is 16.3. The molecule has 4 heteroatoms. The van der Waals surface area contributed by atoms with Crippen molar-refractivity contribution in [2.45, 2.75) is 13.5 Å². The molecular formula is C24H26N2O2. The first-order chi connectivity index (χ1) is 13.7. The van der Waals surface area contributed by atoms with Crippen LogP contribution < -0.4 is 4.74 Å². The number of rotatable bonds is 5. The zero-order valence-corrected chi connectivity index (χ0v) is 16.3. The van der Waals surface area contributed by atoms with Crippen LogP contribution in [0.5, 0.6) is 5.75 Å². The van der Waals surface area contributed by atoms with Gasteiger partial charge in [0.05, 0.1) is 0 Å². The first-order valence-corrected chi connectivity index (χ1v) is 9.85. The van der Waals surface area contributed by atoms with E-state index in [2.05, 4.69) is 48.2 Å². The molecule has 1 aliphatic rings. The van der Waals surface area contributed by atoms with E-state index in [-0.39, 0.29) is 12.5 Å². The quantitative estimate of drug-likeness (QED) is 0.680. The van der Waals surface area contributed by atoms with Gasteiger partial charge in [0.15, 0.2) is 6.61 Å². The first kappa shape index (κ1) is 18.5. The average molecular weight is 374 g/mol. The van der Waals surface area contributed by atoms with Crippen LogP contribution in [-0.4, -0.2) is 48.5 Å². The summed E-state index contributed by atoms with van der Waals surface area (Å²) in [5.74, 6) is 0.800. The third-order valence-corrected chi connectivity index (χ3v) is 5.46. The number of ether oxygens (including phenoxy) is 1. The van der Waals surface area contributed by atoms with Crippen LogP contribution >= 0.6 is 0 Å². The molecule has 1 saturated heterocycles. The summed E-state index contributed by atoms with van der Waals surface area (Å²) in [5, 5.41) is 2.29. The van der Waals surface area contributed by atoms with Crippen LogP contribution in [-0.2, 0) is 11.3 Å². The Labute approximate surface area is 166 Å². The molecule has 1 aliphatic heterocycles. The smallest absolute Gasteiger partial charge is 0.260 e. The molecule has 0 radical (unpaired) electrons. The van der Waals surface area contributed by atoms with Crippen LogP contribution in [0.4, 0.5) is 0 Å². The zero-order chi connectivity index (χ0) is 19.3. The van der Waals surface area contributed by atoms with Gasteiger partial charge in [-0.3, -0.25) is 9.69 Å². The fraction of sp³-hybridized carbons (Fsp3) is 0.292. The second-order valence-corrected chi connectivity index (χ2v) is 7.38. The Bertz CT molecular complexity index is 961. The van der Waals surface area contributed by atoms with Gasteiger partial charge in [0.2, 0.25) is 0 Å². The van der Waals surface area contributed by atoms with Crippen molar-refractivity contribution in [1.29, 1.82) is 0 Å². The maximum atomic E-state index is 12.5. The maximum Gasteiger partial charge on any atom is 0.260 e. The number of hydrogen-bond acceptors (Lipinski definition) is 3. The van der Waals surface area contributed by atoms with Crippen molar-refractivity contribution in [3.05, 3.63) is 77.9 Å². The van der Waals surface area contributed by atoms with Crippen molar-refractivity contribution in [2.75, 3.05) is 32.8 Å². The van der Waals surface area contributed by atoms with Crippen molar-refractivity contribution in [2.24, 2.45) is 0 Å². The minimum atomic E-state index is 0.0590. The predicted molar refractivity (Wildman–Crippen MR) is 112 cm³/mol. The molecule has 1 heterocycles. The summed E-state index contributed by atoms with van der Waals surface area (Å²) in [6.45, 7) is 6.50. The van der Waals surface area contributed by atoms with Crippen LogP contribution in [0.25, 0.3) is 10.8 Å². The number of benzene rings is 3. The Kier molecular flexibility index (Phi) is 5.58. The van der Waals surface area contributed by atoms with Crippen LogP contribution in [0.3, 0.4) is 0 Å². The maximum absolute atomic E-state index is 12.5. The van der Waals surface area contributed by atoms with E-state index in [1.165, 1.54) is 16.5 Å². The van der Waals surface area contributed by atoms with Crippen LogP contribution in [0, 0.1) is 6.92 Å². The molecular weight excluding hydrogens is 348 g/mol. The van der Waals surface area contributed by atoms with Crippen molar-refractivity contribution in [3.8, 4) is 5.75 Å². The lowest BCUT2D eigenvalue weighted by Crippen LogP contribution is -2.49. The normalized spacial score (nSPS) is 15.0. The fourth-order valence-corrected chi connectivity index (χ4v) is 3.68. The number of hydrogen-bond donors (Lipinski definition) is 0. The van der Waals surface area contributed by atoms with E-state index in [1.807, 2.05) is 35.2 Å². The van der Waals surface area contributed by atoms with Crippen LogP contribution in [0.2, 0.25) is 0 Å². The lowest BCUT2D eigenvalue weighted by molar-refractivity contribution is -0.135. The minimum Gasteiger partial charge on any atom is -0.484 e. The van der Waals surface area contributed by atoms with Crippen molar-refractivity contribution < 1.29 is 9.53 Å². The third-order valence-electron chi connectivity index (χ3n) is 5.46. The van der Waals surface area contributed by atoms with Gasteiger partial charge >= 0.3 is 0 Å². The largest absolute Gasteiger partial charge is 0.484 e. The van der Waals surface area contributed by atoms with E-state index in [0.29, 0.717) is 0 Å². The van der Waals surface area contributed by atoms with E-state index in [1.54, 1.807) is 0 Å². The van der Waals surface area contributed by atoms with Crippen molar-refractivity contribution in [3.63, 3.8) is 0 Å². The van der Waals surface area contributed by atoms with Gasteiger partial charge in [-0.25, -0.2) is 0 Å². The minimum absolute atomic E-state index is 0.0590. The highest BCUT2D eigenvalue weighted by atomic mass is 16.5. The Hall–Kier alpha value is -2.85. The molecule has 4 nitrogen and oxygen atoms in total. The number of aryl methyl sites for hydroxylation is 1. The third kappa shape index (κ3) is 4.34. The van der Waals surface area contributed by atoms with Crippen molar-refractivity contribution >= 4 is 16.7 Å². The standard InChI is InChI=1S/C24H26N2O2/c1-19-6-2-3-9-22(19)17-25-12-14-26(15-13-25)24(27)18-28-23-11-10-20-7-4-5-8-21(20)16-23/h2-11,16H,12-15,17-18H2,1H3. The average Bonchev–Trinajstić information content (AvgIpc) is 2.74. The monoisotopic (exact) mass is 374 g/mol. The molecule has 28 heavy (non-hydrogen) atoms. The summed E-state index contributed by atoms with van der Waals surface area (Å²) < 4.78 is 5.76. The van der Waals surface area contributed by atoms with Gasteiger partial charge in [-0.2, -0.15) is 0 Å². The molecule has 3 aromatic rings. The lowest BCUT2D eigenvalue weighted by Gasteiger charge is -2.35. The number of amides is 1. The van der Waals surface area contributed by atoms with Crippen LogP contribution in [0.1, 0.15) is 11.1 Å². The molecule has 0 unspecified atom stereocenters. The Balaban J connectivity index is 1.27. The molecule has 0 aromatic heterocycles. The van der Waals surface area contributed by atoms with E-state index < -0.39 is 0 Å². The number of carbonyl (C=O) groups is 1. The van der Waals surface area contributed by atoms with E-state index in [4.69, 9.17) is 4.74 Å². The van der Waals surface area contributed by atoms with E-state index in [9.17, 15) is 4.79 Å². The topological polar surface area (TPSA) is 32.8 Å². The highest BCUT2D eigenvalue weighted by Gasteiger charge is 2.21. The van der Waals surface area contributed by atoms with Gasteiger partial charge in [0, 0.05) is 32.7 Å². The molecule has 0 N–H and O–H groups in total. The van der Waals surface area contributed by atoms with Crippen LogP contribution in [0.15, 0.2) is 66.7 Å². The molecule has 0 atom stereocenters. The van der Waals surface area contributed by atoms with Gasteiger partial charge in [-0.05, 0) is 41.0 Å². The molecule has 1 amide bonds.